The summed E-state index contributed by atoms with van der Waals surface area (Å²) in [6.45, 7) is 0.477. The van der Waals surface area contributed by atoms with Crippen LogP contribution in [0.1, 0.15) is 31.2 Å². The molecule has 0 radical (unpaired) electrons. The van der Waals surface area contributed by atoms with Gasteiger partial charge in [0.1, 0.15) is 18.2 Å². The van der Waals surface area contributed by atoms with Gasteiger partial charge in [-0.15, -0.1) is 0 Å². The van der Waals surface area contributed by atoms with Gasteiger partial charge in [-0.05, 0) is 37.0 Å². The summed E-state index contributed by atoms with van der Waals surface area (Å²) in [5, 5.41) is 2.77. The van der Waals surface area contributed by atoms with Crippen LogP contribution in [0.2, 0.25) is 0 Å². The van der Waals surface area contributed by atoms with Gasteiger partial charge in [0.2, 0.25) is 11.8 Å². The van der Waals surface area contributed by atoms with Crippen LogP contribution in [0.15, 0.2) is 24.3 Å². The summed E-state index contributed by atoms with van der Waals surface area (Å²) >= 11 is 0. The molecule has 2 heterocycles. The molecule has 6 nitrogen and oxygen atoms in total. The third kappa shape index (κ3) is 3.68. The minimum atomic E-state index is -0.954. The van der Waals surface area contributed by atoms with Crippen molar-refractivity contribution < 1.29 is 18.4 Å². The summed E-state index contributed by atoms with van der Waals surface area (Å²) in [6.07, 6.45) is 0.975. The van der Waals surface area contributed by atoms with Crippen LogP contribution in [0.4, 0.5) is 8.78 Å². The van der Waals surface area contributed by atoms with Gasteiger partial charge in [-0.3, -0.25) is 15.0 Å². The van der Waals surface area contributed by atoms with E-state index in [0.29, 0.717) is 12.0 Å². The van der Waals surface area contributed by atoms with E-state index in [9.17, 15) is 18.4 Å². The molecule has 0 aromatic heterocycles. The second kappa shape index (κ2) is 7.52. The maximum absolute atomic E-state index is 14.4. The first kappa shape index (κ1) is 18.3. The molecule has 5 unspecified atom stereocenters. The molecule has 2 amide bonds. The Morgan fingerprint density at radius 1 is 1.30 bits per heavy atom. The zero-order valence-electron chi connectivity index (χ0n) is 15.0. The normalized spacial score (nSPS) is 33.2. The SMILES string of the molecule is O=C(NCc1cccc(F)c1)C1CC(=O)N(C2NNC3CCCC(F)C32)C1. The van der Waals surface area contributed by atoms with Gasteiger partial charge >= 0.3 is 0 Å². The van der Waals surface area contributed by atoms with Gasteiger partial charge in [0.05, 0.1) is 5.92 Å². The number of likely N-dealkylation sites (tertiary alicyclic amines) is 1. The number of hydrogen-bond acceptors (Lipinski definition) is 4. The van der Waals surface area contributed by atoms with E-state index in [1.165, 1.54) is 12.1 Å². The molecule has 1 aromatic carbocycles. The van der Waals surface area contributed by atoms with Crippen LogP contribution in [0, 0.1) is 17.7 Å². The van der Waals surface area contributed by atoms with Crippen LogP contribution < -0.4 is 16.2 Å². The number of nitrogens with one attached hydrogen (secondary N) is 3. The minimum Gasteiger partial charge on any atom is -0.352 e. The van der Waals surface area contributed by atoms with E-state index in [1.54, 1.807) is 17.0 Å². The maximum Gasteiger partial charge on any atom is 0.225 e. The first-order valence-corrected chi connectivity index (χ1v) is 9.49. The Balaban J connectivity index is 1.36. The van der Waals surface area contributed by atoms with Crippen molar-refractivity contribution in [3.05, 3.63) is 35.6 Å². The lowest BCUT2D eigenvalue weighted by Crippen LogP contribution is -2.50. The number of amides is 2. The van der Waals surface area contributed by atoms with E-state index in [1.807, 2.05) is 0 Å². The molecule has 146 valence electrons. The molecule has 3 fully saturated rings. The Morgan fingerprint density at radius 2 is 2.15 bits per heavy atom. The van der Waals surface area contributed by atoms with Crippen molar-refractivity contribution in [3.63, 3.8) is 0 Å². The van der Waals surface area contributed by atoms with Crippen LogP contribution in [0.3, 0.4) is 0 Å². The molecule has 5 atom stereocenters. The Kier molecular flexibility index (Phi) is 5.10. The van der Waals surface area contributed by atoms with Gasteiger partial charge in [-0.2, -0.15) is 0 Å². The molecule has 0 bridgehead atoms. The molecule has 0 spiro atoms. The number of hydrazine groups is 1. The number of rotatable bonds is 4. The highest BCUT2D eigenvalue weighted by molar-refractivity contribution is 5.89. The fraction of sp³-hybridized carbons (Fsp3) is 0.579. The molecule has 4 rings (SSSR count). The minimum absolute atomic E-state index is 0.0207. The van der Waals surface area contributed by atoms with Crippen molar-refractivity contribution in [1.82, 2.24) is 21.1 Å². The molecule has 27 heavy (non-hydrogen) atoms. The number of carbonyl (C=O) groups is 2. The lowest BCUT2D eigenvalue weighted by Gasteiger charge is -2.34. The van der Waals surface area contributed by atoms with Crippen molar-refractivity contribution >= 4 is 11.8 Å². The fourth-order valence-electron chi connectivity index (χ4n) is 4.49. The first-order valence-electron chi connectivity index (χ1n) is 9.49. The highest BCUT2D eigenvalue weighted by Crippen LogP contribution is 2.36. The van der Waals surface area contributed by atoms with Gasteiger partial charge < -0.3 is 10.2 Å². The van der Waals surface area contributed by atoms with Gasteiger partial charge in [-0.1, -0.05) is 12.1 Å². The lowest BCUT2D eigenvalue weighted by molar-refractivity contribution is -0.131. The molecule has 1 aromatic rings. The summed E-state index contributed by atoms with van der Waals surface area (Å²) in [6, 6.07) is 6.05. The second-order valence-electron chi connectivity index (χ2n) is 7.66. The highest BCUT2D eigenvalue weighted by atomic mass is 19.1. The van der Waals surface area contributed by atoms with Crippen molar-refractivity contribution in [2.24, 2.45) is 11.8 Å². The fourth-order valence-corrected chi connectivity index (χ4v) is 4.49. The first-order chi connectivity index (χ1) is 13.0. The number of nitrogens with zero attached hydrogens (tertiary/aromatic N) is 1. The van der Waals surface area contributed by atoms with E-state index in [4.69, 9.17) is 0 Å². The van der Waals surface area contributed by atoms with E-state index in [-0.39, 0.29) is 49.1 Å². The Bertz CT molecular complexity index is 731. The second-order valence-corrected chi connectivity index (χ2v) is 7.66. The molecule has 3 N–H and O–H groups in total. The molecule has 2 saturated heterocycles. The number of halogens is 2. The Hall–Kier alpha value is -2.06. The predicted molar refractivity (Wildman–Crippen MR) is 94.2 cm³/mol. The maximum atomic E-state index is 14.4. The standard InChI is InChI=1S/C19H24F2N4O2/c20-13-4-1-3-11(7-13)9-22-19(27)12-8-16(26)25(10-12)18-17-14(21)5-2-6-15(17)23-24-18/h1,3-4,7,12,14-15,17-18,23-24H,2,5-6,8-10H2,(H,22,27). The van der Waals surface area contributed by atoms with Crippen molar-refractivity contribution in [2.45, 2.75) is 50.6 Å². The quantitative estimate of drug-likeness (QED) is 0.737. The predicted octanol–water partition coefficient (Wildman–Crippen LogP) is 1.23. The number of benzene rings is 1. The van der Waals surface area contributed by atoms with Crippen molar-refractivity contribution in [1.29, 1.82) is 0 Å². The smallest absolute Gasteiger partial charge is 0.225 e. The van der Waals surface area contributed by atoms with Gasteiger partial charge in [-0.25, -0.2) is 14.2 Å². The number of carbonyl (C=O) groups excluding carboxylic acids is 2. The number of hydrogen-bond donors (Lipinski definition) is 3. The molecular weight excluding hydrogens is 354 g/mol. The third-order valence-corrected chi connectivity index (χ3v) is 5.88. The Labute approximate surface area is 156 Å². The molecule has 8 heteroatoms. The molecule has 2 aliphatic heterocycles. The van der Waals surface area contributed by atoms with Crippen LogP contribution >= 0.6 is 0 Å². The van der Waals surface area contributed by atoms with E-state index in [2.05, 4.69) is 16.2 Å². The van der Waals surface area contributed by atoms with Crippen LogP contribution in [-0.2, 0) is 16.1 Å². The highest BCUT2D eigenvalue weighted by Gasteiger charge is 2.49. The largest absolute Gasteiger partial charge is 0.352 e. The summed E-state index contributed by atoms with van der Waals surface area (Å²) < 4.78 is 27.7. The zero-order valence-corrected chi connectivity index (χ0v) is 15.0. The number of fused-ring (bicyclic) bond motifs is 1. The topological polar surface area (TPSA) is 73.5 Å². The average molecular weight is 378 g/mol. The van der Waals surface area contributed by atoms with E-state index < -0.39 is 18.3 Å². The Morgan fingerprint density at radius 3 is 2.96 bits per heavy atom. The molecule has 3 aliphatic rings. The van der Waals surface area contributed by atoms with E-state index in [0.717, 1.165) is 12.8 Å². The molecular formula is C19H24F2N4O2. The lowest BCUT2D eigenvalue weighted by atomic mass is 9.82. The monoisotopic (exact) mass is 378 g/mol. The van der Waals surface area contributed by atoms with Crippen LogP contribution in [-0.4, -0.2) is 41.6 Å². The molecule has 1 aliphatic carbocycles. The summed E-state index contributed by atoms with van der Waals surface area (Å²) in [7, 11) is 0. The third-order valence-electron chi connectivity index (χ3n) is 5.88. The van der Waals surface area contributed by atoms with Gasteiger partial charge in [0, 0.05) is 31.5 Å². The zero-order chi connectivity index (χ0) is 19.0. The summed E-state index contributed by atoms with van der Waals surface area (Å²) in [5.41, 5.74) is 6.84. The average Bonchev–Trinajstić information content (AvgIpc) is 3.24. The molecule has 1 saturated carbocycles. The van der Waals surface area contributed by atoms with Gasteiger partial charge in [0.25, 0.3) is 0 Å². The summed E-state index contributed by atoms with van der Waals surface area (Å²) in [4.78, 5) is 26.5. The van der Waals surface area contributed by atoms with Crippen LogP contribution in [0.5, 0.6) is 0 Å². The van der Waals surface area contributed by atoms with E-state index >= 15 is 0 Å². The number of alkyl halides is 1. The van der Waals surface area contributed by atoms with Crippen LogP contribution in [0.25, 0.3) is 0 Å². The van der Waals surface area contributed by atoms with Gasteiger partial charge in [0.15, 0.2) is 0 Å². The van der Waals surface area contributed by atoms with Crippen molar-refractivity contribution in [2.75, 3.05) is 6.54 Å². The summed E-state index contributed by atoms with van der Waals surface area (Å²) in [5.74, 6) is -1.49. The van der Waals surface area contributed by atoms with Crippen molar-refractivity contribution in [3.8, 4) is 0 Å².